The van der Waals surface area contributed by atoms with Crippen molar-refractivity contribution in [2.24, 2.45) is 0 Å². The number of para-hydroxylation sites is 1. The molecule has 0 saturated heterocycles. The molecule has 0 atom stereocenters. The van der Waals surface area contributed by atoms with Gasteiger partial charge in [0.15, 0.2) is 0 Å². The van der Waals surface area contributed by atoms with Crippen molar-refractivity contribution in [1.82, 2.24) is 4.90 Å². The van der Waals surface area contributed by atoms with Gasteiger partial charge >= 0.3 is 6.09 Å². The van der Waals surface area contributed by atoms with E-state index in [-0.39, 0.29) is 6.09 Å². The summed E-state index contributed by atoms with van der Waals surface area (Å²) < 4.78 is 11.7. The SMILES string of the molecule is C=CCCCCOc1ccccc1-c1ccccc1CN(CC=C)C(=O)OC(C)(C)C. The second-order valence-electron chi connectivity index (χ2n) is 8.44. The zero-order valence-corrected chi connectivity index (χ0v) is 19.1. The zero-order chi connectivity index (χ0) is 22.7. The van der Waals surface area contributed by atoms with Gasteiger partial charge in [-0.1, -0.05) is 54.6 Å². The van der Waals surface area contributed by atoms with Gasteiger partial charge in [-0.05, 0) is 57.2 Å². The first-order valence-electron chi connectivity index (χ1n) is 10.9. The normalized spacial score (nSPS) is 10.9. The molecule has 0 aliphatic carbocycles. The highest BCUT2D eigenvalue weighted by atomic mass is 16.6. The molecule has 1 amide bonds. The van der Waals surface area contributed by atoms with Crippen molar-refractivity contribution in [2.45, 2.75) is 52.2 Å². The van der Waals surface area contributed by atoms with Gasteiger partial charge in [-0.25, -0.2) is 4.79 Å². The van der Waals surface area contributed by atoms with E-state index < -0.39 is 5.60 Å². The molecule has 4 heteroatoms. The number of amides is 1. The summed E-state index contributed by atoms with van der Waals surface area (Å²) in [5.41, 5.74) is 2.53. The Morgan fingerprint density at radius 1 is 0.968 bits per heavy atom. The molecule has 0 fully saturated rings. The van der Waals surface area contributed by atoms with Gasteiger partial charge in [0.25, 0.3) is 0 Å². The van der Waals surface area contributed by atoms with Gasteiger partial charge < -0.3 is 14.4 Å². The number of hydrogen-bond acceptors (Lipinski definition) is 3. The summed E-state index contributed by atoms with van der Waals surface area (Å²) in [7, 11) is 0. The molecule has 0 saturated carbocycles. The zero-order valence-electron chi connectivity index (χ0n) is 19.1. The first kappa shape index (κ1) is 24.3. The fraction of sp³-hybridized carbons (Fsp3) is 0.370. The summed E-state index contributed by atoms with van der Waals surface area (Å²) >= 11 is 0. The lowest BCUT2D eigenvalue weighted by molar-refractivity contribution is 0.0257. The van der Waals surface area contributed by atoms with Crippen LogP contribution in [0.2, 0.25) is 0 Å². The van der Waals surface area contributed by atoms with Crippen molar-refractivity contribution in [1.29, 1.82) is 0 Å². The van der Waals surface area contributed by atoms with Crippen LogP contribution >= 0.6 is 0 Å². The molecule has 0 aliphatic rings. The highest BCUT2D eigenvalue weighted by Crippen LogP contribution is 2.33. The number of carbonyl (C=O) groups excluding carboxylic acids is 1. The summed E-state index contributed by atoms with van der Waals surface area (Å²) in [5.74, 6) is 0.848. The standard InChI is InChI=1S/C27H35NO3/c1-6-8-9-14-20-30-25-18-13-12-17-24(25)23-16-11-10-15-22(23)21-28(19-7-2)26(29)31-27(3,4)5/h6-7,10-13,15-18H,1-2,8-9,14,19-21H2,3-5H3. The van der Waals surface area contributed by atoms with Crippen molar-refractivity contribution >= 4 is 6.09 Å². The number of carbonyl (C=O) groups is 1. The van der Waals surface area contributed by atoms with Crippen LogP contribution in [-0.4, -0.2) is 29.7 Å². The average Bonchev–Trinajstić information content (AvgIpc) is 2.73. The Bertz CT molecular complexity index is 867. The largest absolute Gasteiger partial charge is 0.493 e. The number of benzene rings is 2. The summed E-state index contributed by atoms with van der Waals surface area (Å²) in [5, 5.41) is 0. The summed E-state index contributed by atoms with van der Waals surface area (Å²) in [6.45, 7) is 14.7. The maximum Gasteiger partial charge on any atom is 0.410 e. The summed E-state index contributed by atoms with van der Waals surface area (Å²) in [6.07, 6.45) is 6.34. The Labute approximate surface area is 187 Å². The van der Waals surface area contributed by atoms with E-state index in [9.17, 15) is 4.79 Å². The van der Waals surface area contributed by atoms with Crippen molar-refractivity contribution in [3.8, 4) is 16.9 Å². The van der Waals surface area contributed by atoms with Crippen LogP contribution in [-0.2, 0) is 11.3 Å². The number of hydrogen-bond donors (Lipinski definition) is 0. The molecule has 2 aromatic carbocycles. The predicted octanol–water partition coefficient (Wildman–Crippen LogP) is 7.01. The fourth-order valence-corrected chi connectivity index (χ4v) is 3.20. The first-order chi connectivity index (χ1) is 14.9. The Kier molecular flexibility index (Phi) is 9.39. The Hall–Kier alpha value is -3.01. The van der Waals surface area contributed by atoms with Gasteiger partial charge in [-0.15, -0.1) is 13.2 Å². The molecule has 0 heterocycles. The topological polar surface area (TPSA) is 38.8 Å². The smallest absolute Gasteiger partial charge is 0.410 e. The van der Waals surface area contributed by atoms with Crippen molar-refractivity contribution in [3.63, 3.8) is 0 Å². The van der Waals surface area contributed by atoms with Crippen LogP contribution in [0, 0.1) is 0 Å². The highest BCUT2D eigenvalue weighted by Gasteiger charge is 2.22. The number of rotatable bonds is 11. The van der Waals surface area contributed by atoms with Crippen LogP contribution in [0.3, 0.4) is 0 Å². The van der Waals surface area contributed by atoms with E-state index in [1.165, 1.54) is 0 Å². The molecule has 0 aromatic heterocycles. The van der Waals surface area contributed by atoms with Crippen LogP contribution in [0.25, 0.3) is 11.1 Å². The van der Waals surface area contributed by atoms with Crippen molar-refractivity contribution in [2.75, 3.05) is 13.2 Å². The third-order valence-corrected chi connectivity index (χ3v) is 4.62. The molecule has 0 N–H and O–H groups in total. The van der Waals surface area contributed by atoms with Gasteiger partial charge in [0, 0.05) is 18.7 Å². The molecule has 0 unspecified atom stereocenters. The van der Waals surface area contributed by atoms with E-state index in [2.05, 4.69) is 25.3 Å². The van der Waals surface area contributed by atoms with Crippen LogP contribution in [0.4, 0.5) is 4.79 Å². The van der Waals surface area contributed by atoms with E-state index >= 15 is 0 Å². The number of ether oxygens (including phenoxy) is 2. The molecule has 2 rings (SSSR count). The second kappa shape index (κ2) is 12.0. The van der Waals surface area contributed by atoms with E-state index in [0.29, 0.717) is 19.7 Å². The number of unbranched alkanes of at least 4 members (excludes halogenated alkanes) is 2. The number of nitrogens with zero attached hydrogens (tertiary/aromatic N) is 1. The van der Waals surface area contributed by atoms with Gasteiger partial charge in [0.1, 0.15) is 11.4 Å². The fourth-order valence-electron chi connectivity index (χ4n) is 3.20. The summed E-state index contributed by atoms with van der Waals surface area (Å²) in [4.78, 5) is 14.4. The second-order valence-corrected chi connectivity index (χ2v) is 8.44. The molecular weight excluding hydrogens is 386 g/mol. The molecule has 2 aromatic rings. The minimum absolute atomic E-state index is 0.353. The molecular formula is C27H35NO3. The van der Waals surface area contributed by atoms with Gasteiger partial charge in [-0.3, -0.25) is 0 Å². The van der Waals surface area contributed by atoms with Gasteiger partial charge in [0.05, 0.1) is 6.61 Å². The Balaban J connectivity index is 2.26. The molecule has 0 bridgehead atoms. The van der Waals surface area contributed by atoms with Crippen molar-refractivity contribution in [3.05, 3.63) is 79.4 Å². The monoisotopic (exact) mass is 421 g/mol. The van der Waals surface area contributed by atoms with Crippen LogP contribution in [0.15, 0.2) is 73.8 Å². The Morgan fingerprint density at radius 2 is 1.65 bits per heavy atom. The third-order valence-electron chi connectivity index (χ3n) is 4.62. The van der Waals surface area contributed by atoms with E-state index in [4.69, 9.17) is 9.47 Å². The predicted molar refractivity (Wildman–Crippen MR) is 128 cm³/mol. The molecule has 31 heavy (non-hydrogen) atoms. The van der Waals surface area contributed by atoms with E-state index in [1.807, 2.05) is 63.2 Å². The lowest BCUT2D eigenvalue weighted by Crippen LogP contribution is -2.36. The minimum Gasteiger partial charge on any atom is -0.493 e. The lowest BCUT2D eigenvalue weighted by atomic mass is 9.98. The molecule has 0 aliphatic heterocycles. The lowest BCUT2D eigenvalue weighted by Gasteiger charge is -2.27. The van der Waals surface area contributed by atoms with Gasteiger partial charge in [-0.2, -0.15) is 0 Å². The van der Waals surface area contributed by atoms with Crippen LogP contribution in [0.1, 0.15) is 45.6 Å². The van der Waals surface area contributed by atoms with E-state index in [1.54, 1.807) is 11.0 Å². The van der Waals surface area contributed by atoms with Crippen LogP contribution < -0.4 is 4.74 Å². The maximum atomic E-state index is 12.7. The van der Waals surface area contributed by atoms with Crippen LogP contribution in [0.5, 0.6) is 5.75 Å². The highest BCUT2D eigenvalue weighted by molar-refractivity contribution is 5.74. The number of allylic oxidation sites excluding steroid dienone is 1. The first-order valence-corrected chi connectivity index (χ1v) is 10.9. The minimum atomic E-state index is -0.554. The van der Waals surface area contributed by atoms with Gasteiger partial charge in [0.2, 0.25) is 0 Å². The molecule has 166 valence electrons. The van der Waals surface area contributed by atoms with Crippen molar-refractivity contribution < 1.29 is 14.3 Å². The Morgan fingerprint density at radius 3 is 2.32 bits per heavy atom. The molecule has 4 nitrogen and oxygen atoms in total. The third kappa shape index (κ3) is 7.97. The maximum absolute atomic E-state index is 12.7. The quantitative estimate of drug-likeness (QED) is 0.289. The molecule has 0 radical (unpaired) electrons. The average molecular weight is 422 g/mol. The summed E-state index contributed by atoms with van der Waals surface area (Å²) in [6, 6.07) is 16.1. The molecule has 0 spiro atoms. The van der Waals surface area contributed by atoms with E-state index in [0.717, 1.165) is 41.7 Å².